The van der Waals surface area contributed by atoms with E-state index in [1.54, 1.807) is 11.2 Å². The van der Waals surface area contributed by atoms with Crippen molar-refractivity contribution in [2.75, 3.05) is 35.6 Å². The average molecular weight is 503 g/mol. The number of carbonyl (C=O) groups is 1. The number of rotatable bonds is 8. The highest BCUT2D eigenvalue weighted by atomic mass is 16.6. The molecular weight excluding hydrogens is 464 g/mol. The van der Waals surface area contributed by atoms with Crippen molar-refractivity contribution in [1.82, 2.24) is 14.9 Å². The third-order valence-corrected chi connectivity index (χ3v) is 6.42. The molecule has 1 aliphatic rings. The van der Waals surface area contributed by atoms with Crippen molar-refractivity contribution in [3.63, 3.8) is 0 Å². The Morgan fingerprint density at radius 2 is 1.57 bits per heavy atom. The second-order valence-corrected chi connectivity index (χ2v) is 10.6. The molecule has 8 nitrogen and oxygen atoms in total. The Kier molecular flexibility index (Phi) is 8.48. The van der Waals surface area contributed by atoms with E-state index in [-0.39, 0.29) is 6.09 Å². The van der Waals surface area contributed by atoms with E-state index < -0.39 is 5.60 Å². The lowest BCUT2D eigenvalue weighted by Crippen LogP contribution is -2.42. The van der Waals surface area contributed by atoms with E-state index in [4.69, 9.17) is 10.5 Å². The SMILES string of the molecule is CC(C)(C)OC(=O)N1CCC(CNc2ncnc(N(Cc3ccccc3)Cc3ccccc3)c2N)CC1. The number of amides is 1. The number of nitrogens with one attached hydrogen (secondary N) is 1. The second kappa shape index (κ2) is 12.0. The smallest absolute Gasteiger partial charge is 0.410 e. The van der Waals surface area contributed by atoms with Crippen molar-refractivity contribution >= 4 is 23.4 Å². The zero-order valence-electron chi connectivity index (χ0n) is 22.1. The lowest BCUT2D eigenvalue weighted by Gasteiger charge is -2.33. The molecule has 0 bridgehead atoms. The van der Waals surface area contributed by atoms with E-state index in [1.165, 1.54) is 11.1 Å². The van der Waals surface area contributed by atoms with Gasteiger partial charge >= 0.3 is 6.09 Å². The fourth-order valence-corrected chi connectivity index (χ4v) is 4.48. The Morgan fingerprint density at radius 3 is 2.11 bits per heavy atom. The van der Waals surface area contributed by atoms with Crippen LogP contribution >= 0.6 is 0 Å². The quantitative estimate of drug-likeness (QED) is 0.430. The number of anilines is 3. The molecule has 1 saturated heterocycles. The van der Waals surface area contributed by atoms with Crippen LogP contribution in [0, 0.1) is 5.92 Å². The number of hydrogen-bond acceptors (Lipinski definition) is 7. The van der Waals surface area contributed by atoms with Gasteiger partial charge < -0.3 is 25.6 Å². The second-order valence-electron chi connectivity index (χ2n) is 10.6. The molecule has 2 aromatic carbocycles. The van der Waals surface area contributed by atoms with Crippen LogP contribution in [-0.4, -0.2) is 46.2 Å². The van der Waals surface area contributed by atoms with Crippen molar-refractivity contribution in [3.05, 3.63) is 78.1 Å². The highest BCUT2D eigenvalue weighted by molar-refractivity contribution is 5.75. The number of carbonyl (C=O) groups excluding carboxylic acids is 1. The van der Waals surface area contributed by atoms with Gasteiger partial charge in [0.05, 0.1) is 0 Å². The van der Waals surface area contributed by atoms with Crippen LogP contribution in [0.15, 0.2) is 67.0 Å². The van der Waals surface area contributed by atoms with Crippen LogP contribution in [0.1, 0.15) is 44.7 Å². The molecule has 1 aromatic heterocycles. The molecule has 0 saturated carbocycles. The first-order valence-corrected chi connectivity index (χ1v) is 12.9. The van der Waals surface area contributed by atoms with Gasteiger partial charge in [-0.05, 0) is 50.7 Å². The Balaban J connectivity index is 1.41. The molecule has 1 aliphatic heterocycles. The number of benzene rings is 2. The van der Waals surface area contributed by atoms with Gasteiger partial charge in [-0.25, -0.2) is 14.8 Å². The number of nitrogen functional groups attached to an aromatic ring is 1. The normalized spacial score (nSPS) is 14.3. The maximum absolute atomic E-state index is 12.4. The minimum atomic E-state index is -0.480. The molecule has 1 amide bonds. The largest absolute Gasteiger partial charge is 0.444 e. The first-order chi connectivity index (χ1) is 17.8. The minimum Gasteiger partial charge on any atom is -0.444 e. The van der Waals surface area contributed by atoms with Crippen LogP contribution in [0.4, 0.5) is 22.1 Å². The summed E-state index contributed by atoms with van der Waals surface area (Å²) in [5.41, 5.74) is 9.06. The maximum atomic E-state index is 12.4. The monoisotopic (exact) mass is 502 g/mol. The van der Waals surface area contributed by atoms with E-state index in [0.29, 0.717) is 49.4 Å². The van der Waals surface area contributed by atoms with Gasteiger partial charge in [0, 0.05) is 32.7 Å². The summed E-state index contributed by atoms with van der Waals surface area (Å²) in [4.78, 5) is 25.4. The predicted molar refractivity (Wildman–Crippen MR) is 148 cm³/mol. The van der Waals surface area contributed by atoms with Crippen molar-refractivity contribution in [3.8, 4) is 0 Å². The van der Waals surface area contributed by atoms with Crippen LogP contribution in [0.2, 0.25) is 0 Å². The van der Waals surface area contributed by atoms with E-state index in [9.17, 15) is 4.79 Å². The summed E-state index contributed by atoms with van der Waals surface area (Å²) in [6.07, 6.45) is 3.14. The molecular formula is C29H38N6O2. The van der Waals surface area contributed by atoms with E-state index in [0.717, 1.165) is 19.4 Å². The number of nitrogens with zero attached hydrogens (tertiary/aromatic N) is 4. The molecule has 1 fully saturated rings. The molecule has 2 heterocycles. The van der Waals surface area contributed by atoms with Gasteiger partial charge in [0.2, 0.25) is 0 Å². The zero-order valence-corrected chi connectivity index (χ0v) is 22.1. The standard InChI is InChI=1S/C29H38N6O2/c1-29(2,3)37-28(36)34-16-14-22(15-17-34)18-31-26-25(30)27(33-21-32-26)35(19-23-10-6-4-7-11-23)20-24-12-8-5-9-13-24/h4-13,21-22H,14-20,30H2,1-3H3,(H,31,32,33). The average Bonchev–Trinajstić information content (AvgIpc) is 2.88. The Bertz CT molecular complexity index is 1100. The first kappa shape index (κ1) is 26.3. The van der Waals surface area contributed by atoms with Crippen molar-refractivity contribution in [2.24, 2.45) is 5.92 Å². The Morgan fingerprint density at radius 1 is 1.00 bits per heavy atom. The summed E-state index contributed by atoms with van der Waals surface area (Å²) in [7, 11) is 0. The number of ether oxygens (including phenoxy) is 1. The van der Waals surface area contributed by atoms with Crippen LogP contribution in [0.3, 0.4) is 0 Å². The molecule has 0 aliphatic carbocycles. The molecule has 0 radical (unpaired) electrons. The summed E-state index contributed by atoms with van der Waals surface area (Å²) in [5, 5.41) is 3.45. The van der Waals surface area contributed by atoms with Gasteiger partial charge in [-0.3, -0.25) is 0 Å². The molecule has 8 heteroatoms. The van der Waals surface area contributed by atoms with E-state index in [2.05, 4.69) is 44.5 Å². The lowest BCUT2D eigenvalue weighted by atomic mass is 9.97. The van der Waals surface area contributed by atoms with Crippen molar-refractivity contribution in [1.29, 1.82) is 0 Å². The molecule has 196 valence electrons. The zero-order chi connectivity index (χ0) is 26.3. The molecule has 0 spiro atoms. The first-order valence-electron chi connectivity index (χ1n) is 12.9. The van der Waals surface area contributed by atoms with Gasteiger partial charge in [-0.1, -0.05) is 60.7 Å². The third-order valence-electron chi connectivity index (χ3n) is 6.42. The molecule has 4 rings (SSSR count). The predicted octanol–water partition coefficient (Wildman–Crippen LogP) is 5.32. The summed E-state index contributed by atoms with van der Waals surface area (Å²) in [6, 6.07) is 20.6. The summed E-state index contributed by atoms with van der Waals surface area (Å²) in [6.45, 7) is 9.15. The van der Waals surface area contributed by atoms with Gasteiger partial charge in [0.15, 0.2) is 11.6 Å². The summed E-state index contributed by atoms with van der Waals surface area (Å²) < 4.78 is 5.51. The van der Waals surface area contributed by atoms with Crippen LogP contribution < -0.4 is 16.0 Å². The van der Waals surface area contributed by atoms with Gasteiger partial charge in [-0.2, -0.15) is 0 Å². The third kappa shape index (κ3) is 7.59. The van der Waals surface area contributed by atoms with Gasteiger partial charge in [0.25, 0.3) is 0 Å². The molecule has 37 heavy (non-hydrogen) atoms. The molecule has 0 atom stereocenters. The lowest BCUT2D eigenvalue weighted by molar-refractivity contribution is 0.0188. The molecule has 3 aromatic rings. The fraction of sp³-hybridized carbons (Fsp3) is 0.414. The molecule has 3 N–H and O–H groups in total. The summed E-state index contributed by atoms with van der Waals surface area (Å²) in [5.74, 6) is 1.77. The maximum Gasteiger partial charge on any atom is 0.410 e. The number of nitrogens with two attached hydrogens (primary N) is 1. The minimum absolute atomic E-state index is 0.236. The van der Waals surface area contributed by atoms with Crippen LogP contribution in [0.5, 0.6) is 0 Å². The van der Waals surface area contributed by atoms with Crippen LogP contribution in [-0.2, 0) is 17.8 Å². The number of hydrogen-bond donors (Lipinski definition) is 2. The van der Waals surface area contributed by atoms with E-state index in [1.807, 2.05) is 57.2 Å². The number of piperidine rings is 1. The van der Waals surface area contributed by atoms with Crippen molar-refractivity contribution < 1.29 is 9.53 Å². The molecule has 0 unspecified atom stereocenters. The van der Waals surface area contributed by atoms with Crippen LogP contribution in [0.25, 0.3) is 0 Å². The van der Waals surface area contributed by atoms with Gasteiger partial charge in [-0.15, -0.1) is 0 Å². The Hall–Kier alpha value is -3.81. The number of aromatic nitrogens is 2. The Labute approximate surface area is 219 Å². The van der Waals surface area contributed by atoms with Gasteiger partial charge in [0.1, 0.15) is 17.6 Å². The highest BCUT2D eigenvalue weighted by Crippen LogP contribution is 2.29. The topological polar surface area (TPSA) is 96.6 Å². The highest BCUT2D eigenvalue weighted by Gasteiger charge is 2.27. The van der Waals surface area contributed by atoms with E-state index >= 15 is 0 Å². The number of likely N-dealkylation sites (tertiary alicyclic amines) is 1. The van der Waals surface area contributed by atoms with Crippen molar-refractivity contribution in [2.45, 2.75) is 52.3 Å². The summed E-state index contributed by atoms with van der Waals surface area (Å²) >= 11 is 0. The fourth-order valence-electron chi connectivity index (χ4n) is 4.48.